The fraction of sp³-hybridized carbons (Fsp3) is 1.00. The zero-order valence-corrected chi connectivity index (χ0v) is 21.3. The maximum atomic E-state index is 9.33. The first-order valence-electron chi connectivity index (χ1n) is 10.1. The largest absolute Gasteiger partial charge is 0.397 e. The van der Waals surface area contributed by atoms with Crippen LogP contribution in [-0.4, -0.2) is 97.6 Å². The topological polar surface area (TPSA) is 88.5 Å². The number of nitrogens with zero attached hydrogens (tertiary/aromatic N) is 2. The Morgan fingerprint density at radius 2 is 1.03 bits per heavy atom. The van der Waals surface area contributed by atoms with E-state index in [1.807, 2.05) is 0 Å². The molecule has 8 nitrogen and oxygen atoms in total. The maximum absolute atomic E-state index is 9.33. The van der Waals surface area contributed by atoms with Crippen LogP contribution >= 0.6 is 12.4 Å². The summed E-state index contributed by atoms with van der Waals surface area (Å²) in [6.45, 7) is 10.1. The molecule has 0 radical (unpaired) electrons. The number of unbranched alkanes of at least 4 members (excludes halogenated alkanes) is 4. The molecule has 0 amide bonds. The Hall–Kier alpha value is -0.0000000000000000555. The predicted molar refractivity (Wildman–Crippen MR) is 124 cm³/mol. The smallest absolute Gasteiger partial charge is 0.380 e. The second-order valence-electron chi connectivity index (χ2n) is 6.84. The highest BCUT2D eigenvalue weighted by Crippen LogP contribution is 1.94. The molecule has 0 aliphatic carbocycles. The van der Waals surface area contributed by atoms with E-state index in [4.69, 9.17) is 14.0 Å². The molecule has 0 spiro atoms. The molecule has 0 aromatic heterocycles. The van der Waals surface area contributed by atoms with E-state index in [0.29, 0.717) is 0 Å². The first kappa shape index (κ1) is 36.4. The molecule has 29 heavy (non-hydrogen) atoms. The molecule has 1 N–H and O–H groups in total. The van der Waals surface area contributed by atoms with Gasteiger partial charge in [-0.3, -0.25) is 8.74 Å². The van der Waals surface area contributed by atoms with E-state index in [2.05, 4.69) is 56.0 Å². The Balaban J connectivity index is -0.000000166. The van der Waals surface area contributed by atoms with Crippen molar-refractivity contribution in [2.45, 2.75) is 52.4 Å². The number of rotatable bonds is 15. The van der Waals surface area contributed by atoms with Gasteiger partial charge in [-0.1, -0.05) is 39.5 Å². The second-order valence-corrected chi connectivity index (χ2v) is 8.03. The highest BCUT2D eigenvalue weighted by atomic mass is 35.5. The van der Waals surface area contributed by atoms with Gasteiger partial charge in [0.2, 0.25) is 0 Å². The van der Waals surface area contributed by atoms with Crippen molar-refractivity contribution < 1.29 is 26.6 Å². The van der Waals surface area contributed by atoms with Gasteiger partial charge in [0, 0.05) is 26.3 Å². The van der Waals surface area contributed by atoms with Crippen molar-refractivity contribution in [1.29, 1.82) is 0 Å². The Morgan fingerprint density at radius 1 is 0.724 bits per heavy atom. The average molecular weight is 467 g/mol. The zero-order valence-electron chi connectivity index (χ0n) is 19.7. The molecule has 0 aromatic carbocycles. The quantitative estimate of drug-likeness (QED) is 0.290. The van der Waals surface area contributed by atoms with Crippen LogP contribution in [0, 0.1) is 0 Å². The van der Waals surface area contributed by atoms with Crippen molar-refractivity contribution in [3.63, 3.8) is 0 Å². The van der Waals surface area contributed by atoms with Crippen LogP contribution in [0.15, 0.2) is 0 Å². The summed E-state index contributed by atoms with van der Waals surface area (Å²) in [5.74, 6) is 0. The monoisotopic (exact) mass is 466 g/mol. The summed E-state index contributed by atoms with van der Waals surface area (Å²) in [5, 5.41) is 0. The third kappa shape index (κ3) is 52.4. The third-order valence-electron chi connectivity index (χ3n) is 3.36. The SMILES string of the molecule is CCCCCOCCN(C)C.CCCCCOCCN(C)C.COS(=O)(=O)O.Cl. The molecule has 182 valence electrons. The molecule has 0 heterocycles. The van der Waals surface area contributed by atoms with E-state index in [1.54, 1.807) is 0 Å². The zero-order chi connectivity index (χ0) is 22.3. The molecule has 0 atom stereocenters. The van der Waals surface area contributed by atoms with Crippen LogP contribution in [0.25, 0.3) is 0 Å². The van der Waals surface area contributed by atoms with Gasteiger partial charge in [-0.25, -0.2) is 0 Å². The van der Waals surface area contributed by atoms with Crippen molar-refractivity contribution >= 4 is 22.8 Å². The number of halogens is 1. The highest BCUT2D eigenvalue weighted by molar-refractivity contribution is 7.80. The first-order chi connectivity index (χ1) is 13.1. The number of likely N-dealkylation sites (N-methyl/N-ethyl adjacent to an activating group) is 2. The van der Waals surface area contributed by atoms with E-state index >= 15 is 0 Å². The highest BCUT2D eigenvalue weighted by Gasteiger charge is 1.94. The predicted octanol–water partition coefficient (Wildman–Crippen LogP) is 3.37. The lowest BCUT2D eigenvalue weighted by Gasteiger charge is -2.09. The molecule has 0 rings (SSSR count). The molecule has 0 aromatic rings. The summed E-state index contributed by atoms with van der Waals surface area (Å²) < 4.78 is 40.5. The van der Waals surface area contributed by atoms with Crippen LogP contribution in [0.4, 0.5) is 0 Å². The third-order valence-corrected chi connectivity index (χ3v) is 3.78. The van der Waals surface area contributed by atoms with Crippen molar-refractivity contribution in [3.8, 4) is 0 Å². The van der Waals surface area contributed by atoms with Crippen molar-refractivity contribution in [3.05, 3.63) is 0 Å². The number of hydrogen-bond acceptors (Lipinski definition) is 7. The van der Waals surface area contributed by atoms with Crippen LogP contribution in [0.2, 0.25) is 0 Å². The van der Waals surface area contributed by atoms with E-state index < -0.39 is 10.4 Å². The molecule has 0 bridgehead atoms. The fourth-order valence-corrected chi connectivity index (χ4v) is 1.61. The van der Waals surface area contributed by atoms with E-state index in [0.717, 1.165) is 46.6 Å². The van der Waals surface area contributed by atoms with Gasteiger partial charge in [-0.05, 0) is 41.0 Å². The van der Waals surface area contributed by atoms with E-state index in [1.165, 1.54) is 38.5 Å². The average Bonchev–Trinajstić information content (AvgIpc) is 2.61. The Kier molecular flexibility index (Phi) is 35.1. The minimum absolute atomic E-state index is 0. The fourth-order valence-electron chi connectivity index (χ4n) is 1.61. The lowest BCUT2D eigenvalue weighted by molar-refractivity contribution is 0.114. The Labute approximate surface area is 186 Å². The van der Waals surface area contributed by atoms with Gasteiger partial charge in [0.15, 0.2) is 0 Å². The Morgan fingerprint density at radius 3 is 1.24 bits per heavy atom. The van der Waals surface area contributed by atoms with E-state index in [9.17, 15) is 8.42 Å². The van der Waals surface area contributed by atoms with Crippen LogP contribution in [0.5, 0.6) is 0 Å². The minimum atomic E-state index is -4.16. The van der Waals surface area contributed by atoms with Gasteiger partial charge < -0.3 is 19.3 Å². The standard InChI is InChI=1S/2C9H21NO.CH4O4S.ClH/c2*1-4-5-6-8-11-9-7-10(2)3;1-5-6(2,3)4;/h2*4-9H2,1-3H3;1H3,(H,2,3,4);1H. The van der Waals surface area contributed by atoms with Crippen LogP contribution in [0.1, 0.15) is 52.4 Å². The molecule has 0 saturated carbocycles. The molecule has 10 heteroatoms. The van der Waals surface area contributed by atoms with Crippen molar-refractivity contribution in [2.75, 3.05) is 74.8 Å². The van der Waals surface area contributed by atoms with Gasteiger partial charge >= 0.3 is 10.4 Å². The van der Waals surface area contributed by atoms with Gasteiger partial charge in [0.25, 0.3) is 0 Å². The first-order valence-corrected chi connectivity index (χ1v) is 11.4. The van der Waals surface area contributed by atoms with Gasteiger partial charge in [-0.2, -0.15) is 8.42 Å². The molecule has 0 saturated heterocycles. The van der Waals surface area contributed by atoms with Gasteiger partial charge in [0.1, 0.15) is 0 Å². The Bertz CT molecular complexity index is 365. The summed E-state index contributed by atoms with van der Waals surface area (Å²) in [6, 6.07) is 0. The summed E-state index contributed by atoms with van der Waals surface area (Å²) >= 11 is 0. The lowest BCUT2D eigenvalue weighted by Crippen LogP contribution is -2.18. The number of hydrogen-bond donors (Lipinski definition) is 1. The number of ether oxygens (including phenoxy) is 2. The van der Waals surface area contributed by atoms with Crippen molar-refractivity contribution in [1.82, 2.24) is 9.80 Å². The summed E-state index contributed by atoms with van der Waals surface area (Å²) in [7, 11) is 4.97. The molecule has 0 aliphatic heterocycles. The summed E-state index contributed by atoms with van der Waals surface area (Å²) in [4.78, 5) is 4.28. The minimum Gasteiger partial charge on any atom is -0.380 e. The maximum Gasteiger partial charge on any atom is 0.397 e. The molecule has 0 unspecified atom stereocenters. The van der Waals surface area contributed by atoms with Crippen LogP contribution in [0.3, 0.4) is 0 Å². The van der Waals surface area contributed by atoms with Crippen LogP contribution in [-0.2, 0) is 24.1 Å². The van der Waals surface area contributed by atoms with Gasteiger partial charge in [-0.15, -0.1) is 12.4 Å². The summed E-state index contributed by atoms with van der Waals surface area (Å²) in [6.07, 6.45) is 7.56. The molecule has 0 fully saturated rings. The van der Waals surface area contributed by atoms with Crippen molar-refractivity contribution in [2.24, 2.45) is 0 Å². The lowest BCUT2D eigenvalue weighted by atomic mass is 10.3. The van der Waals surface area contributed by atoms with Crippen LogP contribution < -0.4 is 0 Å². The second kappa shape index (κ2) is 28.0. The molecule has 0 aliphatic rings. The van der Waals surface area contributed by atoms with E-state index in [-0.39, 0.29) is 12.4 Å². The normalized spacial score (nSPS) is 10.7. The summed E-state index contributed by atoms with van der Waals surface area (Å²) in [5.41, 5.74) is 0. The molecular weight excluding hydrogens is 420 g/mol. The molecular formula is C19H47ClN2O6S. The van der Waals surface area contributed by atoms with Gasteiger partial charge in [0.05, 0.1) is 20.3 Å².